The molecule has 0 saturated heterocycles. The van der Waals surface area contributed by atoms with Gasteiger partial charge in [0.15, 0.2) is 23.3 Å². The van der Waals surface area contributed by atoms with Crippen LogP contribution in [0, 0.1) is 46.3 Å². The molecule has 1 aromatic carbocycles. The molecule has 0 aliphatic heterocycles. The molecule has 0 N–H and O–H groups in total. The molecule has 1 fully saturated rings. The molecule has 0 aromatic heterocycles. The predicted octanol–water partition coefficient (Wildman–Crippen LogP) is 5.41. The van der Waals surface area contributed by atoms with E-state index in [-0.39, 0.29) is 5.92 Å². The minimum Gasteiger partial charge on any atom is -0.460 e. The van der Waals surface area contributed by atoms with Crippen molar-refractivity contribution in [1.29, 1.82) is 0 Å². The molecule has 9 heteroatoms. The Morgan fingerprint density at radius 1 is 1.04 bits per heavy atom. The van der Waals surface area contributed by atoms with Crippen LogP contribution in [-0.2, 0) is 16.1 Å². The maximum atomic E-state index is 13.5. The van der Waals surface area contributed by atoms with Crippen LogP contribution in [0.4, 0.5) is 22.0 Å². The molecular weight excluding hydrogens is 561 g/mol. The SMILES string of the molecule is CC1(C)[C@H](C(=O)OCc2c(F)c(F)c(F)c(F)c2F)[C@@H]1C=C(I)I. The maximum absolute atomic E-state index is 13.5. The van der Waals surface area contributed by atoms with E-state index in [9.17, 15) is 26.7 Å². The van der Waals surface area contributed by atoms with Crippen molar-refractivity contribution in [2.24, 2.45) is 17.3 Å². The van der Waals surface area contributed by atoms with E-state index in [4.69, 9.17) is 4.74 Å². The standard InChI is InChI=1S/C15H11F5I2O2/c1-15(2)6(3-7(21)22)8(15)14(23)24-4-5-9(16)11(18)13(20)12(19)10(5)17/h3,6,8H,4H2,1-2H3/t6-,8-/m0/s1. The fourth-order valence-corrected chi connectivity index (χ4v) is 3.36. The molecule has 1 aliphatic carbocycles. The van der Waals surface area contributed by atoms with Gasteiger partial charge in [0.25, 0.3) is 0 Å². The highest BCUT2D eigenvalue weighted by Gasteiger charge is 2.61. The van der Waals surface area contributed by atoms with E-state index in [1.807, 2.05) is 19.9 Å². The highest BCUT2D eigenvalue weighted by atomic mass is 127. The van der Waals surface area contributed by atoms with E-state index in [0.29, 0.717) is 0 Å². The quantitative estimate of drug-likeness (QED) is 0.159. The zero-order chi connectivity index (χ0) is 18.4. The minimum atomic E-state index is -2.25. The number of esters is 1. The Kier molecular flexibility index (Phi) is 5.83. The topological polar surface area (TPSA) is 26.3 Å². The molecule has 0 spiro atoms. The third-order valence-corrected chi connectivity index (χ3v) is 4.85. The first-order valence-electron chi connectivity index (χ1n) is 6.69. The van der Waals surface area contributed by atoms with Crippen LogP contribution in [0.5, 0.6) is 0 Å². The lowest BCUT2D eigenvalue weighted by molar-refractivity contribution is -0.147. The van der Waals surface area contributed by atoms with Crippen LogP contribution in [0.15, 0.2) is 7.66 Å². The smallest absolute Gasteiger partial charge is 0.310 e. The summed E-state index contributed by atoms with van der Waals surface area (Å²) in [5, 5.41) is 0. The maximum Gasteiger partial charge on any atom is 0.310 e. The van der Waals surface area contributed by atoms with Crippen LogP contribution in [0.2, 0.25) is 0 Å². The number of hydrogen-bond donors (Lipinski definition) is 0. The monoisotopic (exact) mass is 572 g/mol. The van der Waals surface area contributed by atoms with Gasteiger partial charge in [0.1, 0.15) is 6.61 Å². The molecule has 0 bridgehead atoms. The Morgan fingerprint density at radius 3 is 1.96 bits per heavy atom. The summed E-state index contributed by atoms with van der Waals surface area (Å²) in [7, 11) is 0. The lowest BCUT2D eigenvalue weighted by Gasteiger charge is -2.09. The van der Waals surface area contributed by atoms with Gasteiger partial charge in [-0.25, -0.2) is 22.0 Å². The van der Waals surface area contributed by atoms with Gasteiger partial charge in [0, 0.05) is 1.59 Å². The molecule has 24 heavy (non-hydrogen) atoms. The van der Waals surface area contributed by atoms with Crippen molar-refractivity contribution in [1.82, 2.24) is 0 Å². The van der Waals surface area contributed by atoms with Gasteiger partial charge >= 0.3 is 5.97 Å². The Balaban J connectivity index is 2.16. The first-order chi connectivity index (χ1) is 11.0. The van der Waals surface area contributed by atoms with E-state index in [2.05, 4.69) is 45.2 Å². The van der Waals surface area contributed by atoms with Crippen LogP contribution in [0.25, 0.3) is 0 Å². The van der Waals surface area contributed by atoms with Gasteiger partial charge in [0.05, 0.1) is 11.5 Å². The average Bonchev–Trinajstić information content (AvgIpc) is 3.02. The van der Waals surface area contributed by atoms with Crippen molar-refractivity contribution in [2.45, 2.75) is 20.5 Å². The summed E-state index contributed by atoms with van der Waals surface area (Å²) < 4.78 is 72.0. The lowest BCUT2D eigenvalue weighted by Crippen LogP contribution is -2.14. The molecule has 0 amide bonds. The number of allylic oxidation sites excluding steroid dienone is 1. The third kappa shape index (κ3) is 3.56. The Hall–Kier alpha value is -0.460. The summed E-state index contributed by atoms with van der Waals surface area (Å²) in [6, 6.07) is 0. The second kappa shape index (κ2) is 7.04. The van der Waals surface area contributed by atoms with Gasteiger partial charge in [-0.3, -0.25) is 4.79 Å². The predicted molar refractivity (Wildman–Crippen MR) is 92.9 cm³/mol. The fourth-order valence-electron chi connectivity index (χ4n) is 2.58. The van der Waals surface area contributed by atoms with Crippen molar-refractivity contribution in [3.8, 4) is 0 Å². The Morgan fingerprint density at radius 2 is 1.50 bits per heavy atom. The first kappa shape index (κ1) is 19.9. The zero-order valence-electron chi connectivity index (χ0n) is 12.4. The van der Waals surface area contributed by atoms with Crippen LogP contribution in [-0.4, -0.2) is 5.97 Å². The van der Waals surface area contributed by atoms with E-state index in [1.165, 1.54) is 0 Å². The molecule has 2 nitrogen and oxygen atoms in total. The normalized spacial score (nSPS) is 21.4. The lowest BCUT2D eigenvalue weighted by atomic mass is 10.1. The zero-order valence-corrected chi connectivity index (χ0v) is 16.7. The minimum absolute atomic E-state index is 0.106. The van der Waals surface area contributed by atoms with Gasteiger partial charge in [-0.2, -0.15) is 0 Å². The highest BCUT2D eigenvalue weighted by Crippen LogP contribution is 2.60. The first-order valence-corrected chi connectivity index (χ1v) is 8.85. The van der Waals surface area contributed by atoms with Crippen LogP contribution >= 0.6 is 45.2 Å². The number of hydrogen-bond acceptors (Lipinski definition) is 2. The van der Waals surface area contributed by atoms with E-state index in [1.54, 1.807) is 0 Å². The van der Waals surface area contributed by atoms with E-state index in [0.717, 1.165) is 1.59 Å². The molecule has 0 radical (unpaired) electrons. The fraction of sp³-hybridized carbons (Fsp3) is 0.400. The largest absolute Gasteiger partial charge is 0.460 e. The Bertz CT molecular complexity index is 700. The summed E-state index contributed by atoms with van der Waals surface area (Å²) in [6.45, 7) is 2.64. The molecule has 132 valence electrons. The van der Waals surface area contributed by atoms with E-state index < -0.39 is 58.6 Å². The molecule has 2 atom stereocenters. The average molecular weight is 572 g/mol. The van der Waals surface area contributed by atoms with Gasteiger partial charge in [-0.05, 0) is 56.5 Å². The summed E-state index contributed by atoms with van der Waals surface area (Å²) >= 11 is 4.15. The van der Waals surface area contributed by atoms with Crippen LogP contribution in [0.1, 0.15) is 19.4 Å². The second-order valence-electron chi connectivity index (χ2n) is 5.94. The molecule has 0 heterocycles. The number of halogens is 7. The van der Waals surface area contributed by atoms with Crippen molar-refractivity contribution < 1.29 is 31.5 Å². The second-order valence-corrected chi connectivity index (χ2v) is 10.3. The van der Waals surface area contributed by atoms with Gasteiger partial charge in [0.2, 0.25) is 5.82 Å². The van der Waals surface area contributed by atoms with Gasteiger partial charge in [-0.1, -0.05) is 19.9 Å². The third-order valence-electron chi connectivity index (χ3n) is 4.13. The molecule has 2 rings (SSSR count). The van der Waals surface area contributed by atoms with Crippen molar-refractivity contribution in [2.75, 3.05) is 0 Å². The Labute approximate surface area is 162 Å². The number of ether oxygens (including phenoxy) is 1. The summed E-state index contributed by atoms with van der Waals surface area (Å²) in [5.41, 5.74) is -1.55. The van der Waals surface area contributed by atoms with Crippen LogP contribution in [0.3, 0.4) is 0 Å². The molecule has 1 saturated carbocycles. The highest BCUT2D eigenvalue weighted by molar-refractivity contribution is 14.2. The van der Waals surface area contributed by atoms with Crippen molar-refractivity contribution in [3.05, 3.63) is 42.3 Å². The number of rotatable bonds is 4. The van der Waals surface area contributed by atoms with Crippen molar-refractivity contribution in [3.63, 3.8) is 0 Å². The summed E-state index contributed by atoms with van der Waals surface area (Å²) in [5.74, 6) is -11.7. The number of carbonyl (C=O) groups excluding carboxylic acids is 1. The summed E-state index contributed by atoms with van der Waals surface area (Å²) in [6.07, 6.45) is 1.87. The van der Waals surface area contributed by atoms with Crippen LogP contribution < -0.4 is 0 Å². The summed E-state index contributed by atoms with van der Waals surface area (Å²) in [4.78, 5) is 12.1. The molecule has 1 aromatic rings. The molecule has 0 unspecified atom stereocenters. The number of carbonyl (C=O) groups is 1. The number of benzene rings is 1. The molecule has 1 aliphatic rings. The van der Waals surface area contributed by atoms with Gasteiger partial charge < -0.3 is 4.74 Å². The molecular formula is C15H11F5I2O2. The van der Waals surface area contributed by atoms with E-state index >= 15 is 0 Å². The van der Waals surface area contributed by atoms with Gasteiger partial charge in [-0.15, -0.1) is 0 Å². The van der Waals surface area contributed by atoms with Crippen molar-refractivity contribution >= 4 is 51.2 Å².